The van der Waals surface area contributed by atoms with Crippen LogP contribution in [0.1, 0.15) is 25.1 Å². The third-order valence-corrected chi connectivity index (χ3v) is 1.40. The van der Waals surface area contributed by atoms with Gasteiger partial charge in [-0.1, -0.05) is 13.8 Å². The smallest absolute Gasteiger partial charge is 0.187 e. The monoisotopic (exact) mass is 187 g/mol. The van der Waals surface area contributed by atoms with Gasteiger partial charge in [0.1, 0.15) is 6.07 Å². The second-order valence-electron chi connectivity index (χ2n) is 1.71. The molecule has 0 aliphatic rings. The van der Waals surface area contributed by atoms with E-state index in [1.807, 2.05) is 19.9 Å². The van der Waals surface area contributed by atoms with E-state index in [4.69, 9.17) is 5.26 Å². The lowest BCUT2D eigenvalue weighted by Crippen LogP contribution is -1.81. The first-order valence-electron chi connectivity index (χ1n) is 3.53. The minimum Gasteiger partial charge on any atom is -0.192 e. The van der Waals surface area contributed by atoms with Gasteiger partial charge in [0.2, 0.25) is 0 Å². The molecule has 0 fully saturated rings. The van der Waals surface area contributed by atoms with Crippen LogP contribution in [0, 0.1) is 18.3 Å². The summed E-state index contributed by atoms with van der Waals surface area (Å²) >= 11 is -0.0264. The Morgan fingerprint density at radius 1 is 1.67 bits per heavy atom. The maximum Gasteiger partial charge on any atom is 0.187 e. The number of aromatic nitrogens is 2. The van der Waals surface area contributed by atoms with Gasteiger partial charge in [0, 0.05) is 0 Å². The Kier molecular flexibility index (Phi) is 5.13. The molecule has 0 N–H and O–H groups in total. The molecule has 0 aliphatic carbocycles. The Balaban J connectivity index is 0.000000561. The summed E-state index contributed by atoms with van der Waals surface area (Å²) in [7, 11) is 0. The molecule has 66 valence electrons. The van der Waals surface area contributed by atoms with E-state index in [0.29, 0.717) is 11.3 Å². The van der Waals surface area contributed by atoms with Gasteiger partial charge in [0.15, 0.2) is 12.3 Å². The van der Waals surface area contributed by atoms with Gasteiger partial charge in [-0.25, -0.2) is 0 Å². The summed E-state index contributed by atoms with van der Waals surface area (Å²) in [6.45, 7) is 5.66. The quantitative estimate of drug-likeness (QED) is 0.678. The van der Waals surface area contributed by atoms with Crippen molar-refractivity contribution >= 4 is 12.3 Å². The highest BCUT2D eigenvalue weighted by Gasteiger charge is 2.02. The van der Waals surface area contributed by atoms with Crippen LogP contribution in [0.3, 0.4) is 0 Å². The largest absolute Gasteiger partial charge is 0.192 e. The molecule has 3 nitrogen and oxygen atoms in total. The molecule has 0 radical (unpaired) electrons. The van der Waals surface area contributed by atoms with Gasteiger partial charge in [0.05, 0.1) is 17.5 Å². The van der Waals surface area contributed by atoms with Crippen molar-refractivity contribution in [2.75, 3.05) is 0 Å². The fourth-order valence-electron chi connectivity index (χ4n) is 0.580. The predicted molar refractivity (Wildman–Crippen MR) is 47.1 cm³/mol. The SMILES string of the molecule is CC.Cc1nn(SF)cc1C#N. The summed E-state index contributed by atoms with van der Waals surface area (Å²) in [6.07, 6.45) is 1.35. The highest BCUT2D eigenvalue weighted by molar-refractivity contribution is 7.92. The van der Waals surface area contributed by atoms with Crippen LogP contribution in [0.5, 0.6) is 0 Å². The van der Waals surface area contributed by atoms with Gasteiger partial charge >= 0.3 is 0 Å². The van der Waals surface area contributed by atoms with Gasteiger partial charge in [-0.15, -0.1) is 3.89 Å². The van der Waals surface area contributed by atoms with Gasteiger partial charge in [-0.3, -0.25) is 0 Å². The summed E-state index contributed by atoms with van der Waals surface area (Å²) in [5.41, 5.74) is 0.956. The average molecular weight is 187 g/mol. The predicted octanol–water partition coefficient (Wildman–Crippen LogP) is 2.47. The zero-order valence-electron chi connectivity index (χ0n) is 7.21. The first kappa shape index (κ1) is 11.0. The number of hydrogen-bond donors (Lipinski definition) is 0. The molecule has 1 heterocycles. The van der Waals surface area contributed by atoms with E-state index in [-0.39, 0.29) is 12.3 Å². The summed E-state index contributed by atoms with van der Waals surface area (Å²) in [5.74, 6) is 0. The third kappa shape index (κ3) is 2.55. The van der Waals surface area contributed by atoms with Crippen molar-refractivity contribution in [1.82, 2.24) is 9.19 Å². The fraction of sp³-hybridized carbons (Fsp3) is 0.429. The normalized spacial score (nSPS) is 8.25. The topological polar surface area (TPSA) is 41.6 Å². The lowest BCUT2D eigenvalue weighted by atomic mass is 10.3. The van der Waals surface area contributed by atoms with E-state index in [0.717, 1.165) is 4.09 Å². The van der Waals surface area contributed by atoms with Crippen LogP contribution in [-0.4, -0.2) is 9.19 Å². The van der Waals surface area contributed by atoms with E-state index in [1.165, 1.54) is 6.20 Å². The Hall–Kier alpha value is -1.02. The van der Waals surface area contributed by atoms with Crippen LogP contribution >= 0.6 is 12.3 Å². The molecular weight excluding hydrogens is 177 g/mol. The van der Waals surface area contributed by atoms with E-state index >= 15 is 0 Å². The third-order valence-electron chi connectivity index (χ3n) is 1.07. The maximum absolute atomic E-state index is 11.8. The number of nitriles is 1. The van der Waals surface area contributed by atoms with E-state index in [9.17, 15) is 3.89 Å². The van der Waals surface area contributed by atoms with E-state index in [1.54, 1.807) is 6.92 Å². The lowest BCUT2D eigenvalue weighted by Gasteiger charge is -1.82. The average Bonchev–Trinajstić information content (AvgIpc) is 2.49. The molecule has 0 spiro atoms. The van der Waals surface area contributed by atoms with Crippen molar-refractivity contribution in [3.8, 4) is 6.07 Å². The maximum atomic E-state index is 11.8. The van der Waals surface area contributed by atoms with Crippen LogP contribution in [0.25, 0.3) is 0 Å². The Morgan fingerprint density at radius 3 is 2.50 bits per heavy atom. The number of hydrogen-bond acceptors (Lipinski definition) is 3. The number of aryl methyl sites for hydroxylation is 1. The van der Waals surface area contributed by atoms with Crippen LogP contribution in [-0.2, 0) is 0 Å². The van der Waals surface area contributed by atoms with Crippen molar-refractivity contribution in [2.45, 2.75) is 20.8 Å². The number of halogens is 1. The first-order valence-corrected chi connectivity index (χ1v) is 4.20. The Labute approximate surface area is 75.6 Å². The molecule has 0 aliphatic heterocycles. The fourth-order valence-corrected chi connectivity index (χ4v) is 0.878. The van der Waals surface area contributed by atoms with Gasteiger partial charge in [0.25, 0.3) is 0 Å². The zero-order valence-corrected chi connectivity index (χ0v) is 8.02. The molecule has 0 saturated heterocycles. The van der Waals surface area contributed by atoms with Crippen molar-refractivity contribution in [3.63, 3.8) is 0 Å². The van der Waals surface area contributed by atoms with Crippen molar-refractivity contribution in [3.05, 3.63) is 17.5 Å². The Morgan fingerprint density at radius 2 is 2.25 bits per heavy atom. The molecule has 1 rings (SSSR count). The first-order chi connectivity index (χ1) is 5.77. The molecular formula is C7H10FN3S. The minimum atomic E-state index is -0.0264. The molecule has 0 bridgehead atoms. The van der Waals surface area contributed by atoms with Crippen molar-refractivity contribution in [2.24, 2.45) is 0 Å². The van der Waals surface area contributed by atoms with Crippen molar-refractivity contribution < 1.29 is 3.89 Å². The molecule has 0 saturated carbocycles. The lowest BCUT2D eigenvalue weighted by molar-refractivity contribution is 0.870. The molecule has 1 aromatic heterocycles. The standard InChI is InChI=1S/C5H4FN3S.C2H6/c1-4-5(2-7)3-9(8-4)10-6;1-2/h3H,1H3;1-2H3. The summed E-state index contributed by atoms with van der Waals surface area (Å²) in [6, 6.07) is 1.89. The highest BCUT2D eigenvalue weighted by atomic mass is 32.2. The van der Waals surface area contributed by atoms with E-state index < -0.39 is 0 Å². The van der Waals surface area contributed by atoms with Crippen molar-refractivity contribution in [1.29, 1.82) is 5.26 Å². The van der Waals surface area contributed by atoms with E-state index in [2.05, 4.69) is 5.10 Å². The van der Waals surface area contributed by atoms with Crippen LogP contribution < -0.4 is 0 Å². The molecule has 0 atom stereocenters. The Bertz CT molecular complexity index is 277. The van der Waals surface area contributed by atoms with Gasteiger partial charge < -0.3 is 0 Å². The molecule has 0 amide bonds. The molecule has 1 aromatic rings. The molecule has 12 heavy (non-hydrogen) atoms. The zero-order chi connectivity index (χ0) is 9.56. The second kappa shape index (κ2) is 5.61. The van der Waals surface area contributed by atoms with Crippen LogP contribution in [0.15, 0.2) is 6.20 Å². The number of nitrogens with zero attached hydrogens (tertiary/aromatic N) is 3. The van der Waals surface area contributed by atoms with Crippen LogP contribution in [0.2, 0.25) is 0 Å². The van der Waals surface area contributed by atoms with Crippen LogP contribution in [0.4, 0.5) is 3.89 Å². The second-order valence-corrected chi connectivity index (χ2v) is 2.22. The van der Waals surface area contributed by atoms with Gasteiger partial charge in [-0.2, -0.15) is 14.4 Å². The minimum absolute atomic E-state index is 0.0264. The summed E-state index contributed by atoms with van der Waals surface area (Å²) < 4.78 is 12.8. The molecule has 0 aromatic carbocycles. The molecule has 5 heteroatoms. The van der Waals surface area contributed by atoms with Gasteiger partial charge in [-0.05, 0) is 6.92 Å². The molecule has 0 unspecified atom stereocenters. The summed E-state index contributed by atoms with van der Waals surface area (Å²) in [4.78, 5) is 0. The highest BCUT2D eigenvalue weighted by Crippen LogP contribution is 2.10. The number of rotatable bonds is 1. The summed E-state index contributed by atoms with van der Waals surface area (Å²) in [5, 5.41) is 12.1.